The molecule has 0 amide bonds. The summed E-state index contributed by atoms with van der Waals surface area (Å²) >= 11 is 14.3. The van der Waals surface area contributed by atoms with Crippen molar-refractivity contribution in [1.82, 2.24) is 4.98 Å². The normalized spacial score (nSPS) is 9.92. The van der Waals surface area contributed by atoms with Crippen LogP contribution < -0.4 is 0 Å². The first-order valence-corrected chi connectivity index (χ1v) is 4.93. The molecule has 0 aliphatic rings. The van der Waals surface area contributed by atoms with Gasteiger partial charge < -0.3 is 0 Å². The van der Waals surface area contributed by atoms with Gasteiger partial charge in [-0.2, -0.15) is 0 Å². The van der Waals surface area contributed by atoms with Gasteiger partial charge in [-0.25, -0.2) is 4.98 Å². The van der Waals surface area contributed by atoms with Gasteiger partial charge in [0, 0.05) is 6.20 Å². The van der Waals surface area contributed by atoms with Gasteiger partial charge >= 0.3 is 0 Å². The van der Waals surface area contributed by atoms with Crippen molar-refractivity contribution in [1.29, 1.82) is 0 Å². The lowest BCUT2D eigenvalue weighted by Gasteiger charge is -1.99. The van der Waals surface area contributed by atoms with Crippen LogP contribution in [0.15, 0.2) is 12.3 Å². The lowest BCUT2D eigenvalue weighted by Crippen LogP contribution is -2.01. The van der Waals surface area contributed by atoms with Crippen LogP contribution in [0.25, 0.3) is 0 Å². The molecule has 0 radical (unpaired) electrons. The van der Waals surface area contributed by atoms with E-state index in [1.165, 1.54) is 12.3 Å². The van der Waals surface area contributed by atoms with E-state index in [4.69, 9.17) is 23.2 Å². The Balaban J connectivity index is 3.09. The zero-order valence-electron chi connectivity index (χ0n) is 5.85. The average molecular weight is 269 g/mol. The fourth-order valence-electron chi connectivity index (χ4n) is 0.685. The van der Waals surface area contributed by atoms with Crippen molar-refractivity contribution in [2.75, 3.05) is 5.33 Å². The molecular formula is C7H4BrCl2NO. The van der Waals surface area contributed by atoms with Crippen molar-refractivity contribution < 1.29 is 4.79 Å². The van der Waals surface area contributed by atoms with Gasteiger partial charge in [-0.3, -0.25) is 4.79 Å². The molecule has 0 aliphatic carbocycles. The highest BCUT2D eigenvalue weighted by molar-refractivity contribution is 9.09. The molecule has 0 aromatic carbocycles. The van der Waals surface area contributed by atoms with E-state index in [9.17, 15) is 4.79 Å². The molecule has 1 heterocycles. The van der Waals surface area contributed by atoms with Crippen molar-refractivity contribution in [3.63, 3.8) is 0 Å². The molecule has 0 atom stereocenters. The predicted octanol–water partition coefficient (Wildman–Crippen LogP) is 2.97. The summed E-state index contributed by atoms with van der Waals surface area (Å²) in [5.74, 6) is -0.107. The number of alkyl halides is 1. The Labute approximate surface area is 88.0 Å². The van der Waals surface area contributed by atoms with E-state index >= 15 is 0 Å². The van der Waals surface area contributed by atoms with E-state index in [1.54, 1.807) is 0 Å². The topological polar surface area (TPSA) is 30.0 Å². The Kier molecular flexibility index (Phi) is 3.50. The van der Waals surface area contributed by atoms with Crippen LogP contribution in [0.1, 0.15) is 10.4 Å². The molecule has 0 saturated heterocycles. The summed E-state index contributed by atoms with van der Waals surface area (Å²) in [6.07, 6.45) is 1.37. The molecule has 0 unspecified atom stereocenters. The molecule has 1 aromatic heterocycles. The average Bonchev–Trinajstić information content (AvgIpc) is 2.03. The minimum Gasteiger partial charge on any atom is -0.293 e. The molecule has 64 valence electrons. The van der Waals surface area contributed by atoms with Gasteiger partial charge in [0.1, 0.15) is 5.15 Å². The number of Topliss-reactive ketones (excluding diaryl/α,β-unsaturated/α-hetero) is 1. The number of pyridine rings is 1. The number of carbonyl (C=O) groups excluding carboxylic acids is 1. The summed E-state index contributed by atoms with van der Waals surface area (Å²) < 4.78 is 0. The predicted molar refractivity (Wildman–Crippen MR) is 52.4 cm³/mol. The highest BCUT2D eigenvalue weighted by Crippen LogP contribution is 2.19. The molecule has 0 N–H and O–H groups in total. The molecule has 1 aromatic rings. The molecule has 0 aliphatic heterocycles. The summed E-state index contributed by atoms with van der Waals surface area (Å²) in [7, 11) is 0. The number of aromatic nitrogens is 1. The van der Waals surface area contributed by atoms with Crippen molar-refractivity contribution in [3.05, 3.63) is 28.0 Å². The van der Waals surface area contributed by atoms with E-state index in [0.29, 0.717) is 10.6 Å². The van der Waals surface area contributed by atoms with E-state index in [2.05, 4.69) is 20.9 Å². The second-order valence-electron chi connectivity index (χ2n) is 2.04. The lowest BCUT2D eigenvalue weighted by atomic mass is 10.2. The van der Waals surface area contributed by atoms with Gasteiger partial charge in [-0.15, -0.1) is 0 Å². The Morgan fingerprint density at radius 3 is 2.75 bits per heavy atom. The van der Waals surface area contributed by atoms with Crippen LogP contribution in [-0.2, 0) is 0 Å². The summed E-state index contributed by atoms with van der Waals surface area (Å²) in [5.41, 5.74) is 0.387. The molecule has 5 heteroatoms. The summed E-state index contributed by atoms with van der Waals surface area (Å²) in [5, 5.41) is 0.848. The molecule has 0 saturated carbocycles. The molecular weight excluding hydrogens is 265 g/mol. The first-order valence-electron chi connectivity index (χ1n) is 3.05. The van der Waals surface area contributed by atoms with E-state index in [1.807, 2.05) is 0 Å². The third-order valence-electron chi connectivity index (χ3n) is 1.24. The lowest BCUT2D eigenvalue weighted by molar-refractivity contribution is 0.102. The highest BCUT2D eigenvalue weighted by Gasteiger charge is 2.09. The van der Waals surface area contributed by atoms with Crippen LogP contribution >= 0.6 is 39.1 Å². The summed E-state index contributed by atoms with van der Waals surface area (Å²) in [4.78, 5) is 14.9. The van der Waals surface area contributed by atoms with Crippen LogP contribution in [0.5, 0.6) is 0 Å². The monoisotopic (exact) mass is 267 g/mol. The van der Waals surface area contributed by atoms with Gasteiger partial charge in [-0.05, 0) is 6.07 Å². The maximum absolute atomic E-state index is 11.1. The van der Waals surface area contributed by atoms with Crippen molar-refractivity contribution in [3.8, 4) is 0 Å². The maximum Gasteiger partial charge on any atom is 0.176 e. The zero-order chi connectivity index (χ0) is 9.14. The minimum atomic E-state index is -0.107. The van der Waals surface area contributed by atoms with E-state index in [-0.39, 0.29) is 16.3 Å². The Morgan fingerprint density at radius 1 is 1.58 bits per heavy atom. The second kappa shape index (κ2) is 4.21. The van der Waals surface area contributed by atoms with Gasteiger partial charge in [0.25, 0.3) is 0 Å². The first-order chi connectivity index (χ1) is 5.65. The van der Waals surface area contributed by atoms with Gasteiger partial charge in [0.05, 0.1) is 15.9 Å². The Hall–Kier alpha value is -0.120. The molecule has 0 fully saturated rings. The van der Waals surface area contributed by atoms with Crippen LogP contribution in [-0.4, -0.2) is 16.1 Å². The number of ketones is 1. The van der Waals surface area contributed by atoms with Crippen molar-refractivity contribution in [2.45, 2.75) is 0 Å². The zero-order valence-corrected chi connectivity index (χ0v) is 8.95. The van der Waals surface area contributed by atoms with Crippen LogP contribution in [0, 0.1) is 0 Å². The SMILES string of the molecule is O=C(CBr)c1cnc(Cl)cc1Cl. The number of halogens is 3. The number of hydrogen-bond donors (Lipinski definition) is 0. The molecule has 12 heavy (non-hydrogen) atoms. The number of hydrogen-bond acceptors (Lipinski definition) is 2. The van der Waals surface area contributed by atoms with E-state index < -0.39 is 0 Å². The third-order valence-corrected chi connectivity index (χ3v) is 2.27. The maximum atomic E-state index is 11.1. The molecule has 0 bridgehead atoms. The molecule has 1 rings (SSSR count). The van der Waals surface area contributed by atoms with Crippen molar-refractivity contribution >= 4 is 44.9 Å². The van der Waals surface area contributed by atoms with Gasteiger partial charge in [0.2, 0.25) is 0 Å². The minimum absolute atomic E-state index is 0.107. The van der Waals surface area contributed by atoms with Gasteiger partial charge in [0.15, 0.2) is 5.78 Å². The number of rotatable bonds is 2. The Morgan fingerprint density at radius 2 is 2.25 bits per heavy atom. The van der Waals surface area contributed by atoms with Crippen LogP contribution in [0.2, 0.25) is 10.2 Å². The fraction of sp³-hybridized carbons (Fsp3) is 0.143. The number of nitrogens with zero attached hydrogens (tertiary/aromatic N) is 1. The third kappa shape index (κ3) is 2.19. The van der Waals surface area contributed by atoms with E-state index in [0.717, 1.165) is 0 Å². The van der Waals surface area contributed by atoms with Crippen LogP contribution in [0.3, 0.4) is 0 Å². The quantitative estimate of drug-likeness (QED) is 0.469. The first kappa shape index (κ1) is 9.96. The number of carbonyl (C=O) groups is 1. The summed E-state index contributed by atoms with van der Waals surface area (Å²) in [6, 6.07) is 1.44. The Bertz CT molecular complexity index is 316. The van der Waals surface area contributed by atoms with Gasteiger partial charge in [-0.1, -0.05) is 39.1 Å². The second-order valence-corrected chi connectivity index (χ2v) is 3.40. The van der Waals surface area contributed by atoms with Crippen molar-refractivity contribution in [2.24, 2.45) is 0 Å². The largest absolute Gasteiger partial charge is 0.293 e. The smallest absolute Gasteiger partial charge is 0.176 e. The molecule has 2 nitrogen and oxygen atoms in total. The fourth-order valence-corrected chi connectivity index (χ4v) is 1.46. The standard InChI is InChI=1S/C7H4BrCl2NO/c8-2-6(12)4-3-11-7(10)1-5(4)9/h1,3H,2H2. The highest BCUT2D eigenvalue weighted by atomic mass is 79.9. The molecule has 0 spiro atoms. The summed E-state index contributed by atoms with van der Waals surface area (Å²) in [6.45, 7) is 0. The van der Waals surface area contributed by atoms with Crippen LogP contribution in [0.4, 0.5) is 0 Å².